The lowest BCUT2D eigenvalue weighted by molar-refractivity contribution is -0.759. The number of piperidine rings is 1. The van der Waals surface area contributed by atoms with Crippen molar-refractivity contribution >= 4 is 39.0 Å². The lowest BCUT2D eigenvalue weighted by atomic mass is 9.98. The predicted molar refractivity (Wildman–Crippen MR) is 154 cm³/mol. The summed E-state index contributed by atoms with van der Waals surface area (Å²) < 4.78 is 16.6. The van der Waals surface area contributed by atoms with Gasteiger partial charge in [-0.15, -0.1) is 11.3 Å². The number of nitrogens with two attached hydrogens (primary N) is 1. The number of carbonyl (C=O) groups is 1. The highest BCUT2D eigenvalue weighted by atomic mass is 32.1. The first-order valence-corrected chi connectivity index (χ1v) is 13.8. The number of hydrogen-bond acceptors (Lipinski definition) is 9. The van der Waals surface area contributed by atoms with E-state index in [0.29, 0.717) is 32.3 Å². The van der Waals surface area contributed by atoms with E-state index in [4.69, 9.17) is 24.7 Å². The van der Waals surface area contributed by atoms with Crippen molar-refractivity contribution in [3.63, 3.8) is 0 Å². The highest BCUT2D eigenvalue weighted by Gasteiger charge is 2.27. The normalized spacial score (nSPS) is 13.4. The molecule has 1 aliphatic heterocycles. The number of aromatic nitrogens is 3. The smallest absolute Gasteiger partial charge is 0.306 e. The Morgan fingerprint density at radius 1 is 1.05 bits per heavy atom. The van der Waals surface area contributed by atoms with Crippen molar-refractivity contribution in [3.8, 4) is 33.9 Å². The van der Waals surface area contributed by atoms with E-state index in [9.17, 15) is 4.79 Å². The van der Waals surface area contributed by atoms with Crippen LogP contribution in [0.15, 0.2) is 65.3 Å². The third-order valence-corrected chi connectivity index (χ3v) is 8.08. The van der Waals surface area contributed by atoms with Gasteiger partial charge in [-0.1, -0.05) is 30.3 Å². The van der Waals surface area contributed by atoms with Gasteiger partial charge in [0.05, 0.1) is 43.5 Å². The van der Waals surface area contributed by atoms with Crippen molar-refractivity contribution in [1.82, 2.24) is 10.3 Å². The number of pyridine rings is 1. The second-order valence-electron chi connectivity index (χ2n) is 9.47. The molecule has 1 amide bonds. The number of ether oxygens (including phenoxy) is 2. The van der Waals surface area contributed by atoms with Gasteiger partial charge in [0, 0.05) is 22.1 Å². The van der Waals surface area contributed by atoms with E-state index in [1.165, 1.54) is 17.8 Å². The van der Waals surface area contributed by atoms with Crippen molar-refractivity contribution < 1.29 is 23.6 Å². The molecule has 0 radical (unpaired) electrons. The molecule has 0 atom stereocenters. The highest BCUT2D eigenvalue weighted by Crippen LogP contribution is 2.44. The molecule has 10 nitrogen and oxygen atoms in total. The SMILES string of the molecule is COc1ccc(OC)c(-c2cc(-c3ccccc3)nc3sc(C(=O)Nc4c[n+](N5CCCCC5)no4)c(N)c23)c1. The molecule has 1 aliphatic rings. The van der Waals surface area contributed by atoms with E-state index in [0.717, 1.165) is 48.3 Å². The van der Waals surface area contributed by atoms with Crippen LogP contribution in [0.4, 0.5) is 11.6 Å². The summed E-state index contributed by atoms with van der Waals surface area (Å²) in [5, 5.41) is 9.63. The summed E-state index contributed by atoms with van der Waals surface area (Å²) in [5.74, 6) is 1.15. The average molecular weight is 558 g/mol. The van der Waals surface area contributed by atoms with Crippen LogP contribution < -0.4 is 30.3 Å². The molecule has 0 bridgehead atoms. The Kier molecular flexibility index (Phi) is 6.95. The quantitative estimate of drug-likeness (QED) is 0.272. The van der Waals surface area contributed by atoms with Gasteiger partial charge in [0.25, 0.3) is 12.1 Å². The lowest BCUT2D eigenvalue weighted by Gasteiger charge is -2.17. The van der Waals surface area contributed by atoms with Crippen molar-refractivity contribution in [2.45, 2.75) is 19.3 Å². The van der Waals surface area contributed by atoms with Crippen LogP contribution in [-0.2, 0) is 0 Å². The topological polar surface area (TPSA) is 120 Å². The molecule has 11 heteroatoms. The molecule has 4 heterocycles. The summed E-state index contributed by atoms with van der Waals surface area (Å²) in [7, 11) is 3.23. The fourth-order valence-electron chi connectivity index (χ4n) is 4.96. The maximum Gasteiger partial charge on any atom is 0.306 e. The predicted octanol–water partition coefficient (Wildman–Crippen LogP) is 4.88. The Hall–Kier alpha value is -4.64. The number of thiophene rings is 1. The van der Waals surface area contributed by atoms with Gasteiger partial charge in [0.1, 0.15) is 21.2 Å². The van der Waals surface area contributed by atoms with Crippen molar-refractivity contribution in [3.05, 3.63) is 65.7 Å². The van der Waals surface area contributed by atoms with E-state index >= 15 is 0 Å². The van der Waals surface area contributed by atoms with Gasteiger partial charge < -0.3 is 15.2 Å². The van der Waals surface area contributed by atoms with E-state index in [2.05, 4.69) is 15.6 Å². The van der Waals surface area contributed by atoms with E-state index < -0.39 is 5.91 Å². The monoisotopic (exact) mass is 557 g/mol. The molecule has 1 saturated heterocycles. The zero-order valence-corrected chi connectivity index (χ0v) is 23.0. The first-order valence-electron chi connectivity index (χ1n) is 13.0. The van der Waals surface area contributed by atoms with Gasteiger partial charge in [-0.25, -0.2) is 4.98 Å². The minimum absolute atomic E-state index is 0.236. The Morgan fingerprint density at radius 2 is 1.85 bits per heavy atom. The zero-order chi connectivity index (χ0) is 27.6. The van der Waals surface area contributed by atoms with E-state index in [1.807, 2.05) is 54.6 Å². The first-order chi connectivity index (χ1) is 19.6. The average Bonchev–Trinajstić information content (AvgIpc) is 3.61. The van der Waals surface area contributed by atoms with Crippen LogP contribution in [0.25, 0.3) is 32.6 Å². The number of benzene rings is 2. The molecular weight excluding hydrogens is 528 g/mol. The second-order valence-corrected chi connectivity index (χ2v) is 10.5. The number of nitrogens with one attached hydrogen (secondary N) is 1. The Labute approximate surface area is 234 Å². The Balaban J connectivity index is 1.44. The van der Waals surface area contributed by atoms with Gasteiger partial charge in [-0.05, 0) is 43.5 Å². The molecule has 3 N–H and O–H groups in total. The summed E-state index contributed by atoms with van der Waals surface area (Å²) in [5.41, 5.74) is 10.3. The van der Waals surface area contributed by atoms with E-state index in [1.54, 1.807) is 25.2 Å². The summed E-state index contributed by atoms with van der Waals surface area (Å²) in [4.78, 5) is 21.0. The third-order valence-electron chi connectivity index (χ3n) is 6.99. The Bertz CT molecular complexity index is 1680. The maximum atomic E-state index is 13.5. The highest BCUT2D eigenvalue weighted by molar-refractivity contribution is 7.21. The van der Waals surface area contributed by atoms with Crippen LogP contribution in [-0.4, -0.2) is 43.5 Å². The number of rotatable bonds is 7. The van der Waals surface area contributed by atoms with Crippen LogP contribution in [0.5, 0.6) is 11.5 Å². The molecule has 0 aliphatic carbocycles. The van der Waals surface area contributed by atoms with Crippen LogP contribution in [0.1, 0.15) is 28.9 Å². The molecule has 2 aromatic carbocycles. The molecule has 0 spiro atoms. The van der Waals surface area contributed by atoms with Crippen LogP contribution in [0.2, 0.25) is 0 Å². The fourth-order valence-corrected chi connectivity index (χ4v) is 5.98. The zero-order valence-electron chi connectivity index (χ0n) is 22.2. The molecule has 0 unspecified atom stereocenters. The number of hydrogen-bond donors (Lipinski definition) is 2. The number of fused-ring (bicyclic) bond motifs is 1. The first kappa shape index (κ1) is 25.6. The van der Waals surface area contributed by atoms with Crippen LogP contribution in [0, 0.1) is 0 Å². The van der Waals surface area contributed by atoms with Gasteiger partial charge >= 0.3 is 5.88 Å². The Morgan fingerprint density at radius 3 is 2.60 bits per heavy atom. The van der Waals surface area contributed by atoms with Crippen molar-refractivity contribution in [2.75, 3.05) is 43.4 Å². The van der Waals surface area contributed by atoms with Crippen LogP contribution in [0.3, 0.4) is 0 Å². The number of nitrogen functional groups attached to an aromatic ring is 1. The van der Waals surface area contributed by atoms with E-state index in [-0.39, 0.29) is 5.88 Å². The lowest BCUT2D eigenvalue weighted by Crippen LogP contribution is -2.60. The number of methoxy groups -OCH3 is 2. The molecule has 6 rings (SSSR count). The third kappa shape index (κ3) is 4.79. The number of carbonyl (C=O) groups excluding carboxylic acids is 1. The molecule has 204 valence electrons. The molecule has 5 aromatic rings. The fraction of sp³-hybridized carbons (Fsp3) is 0.241. The second kappa shape index (κ2) is 10.9. The summed E-state index contributed by atoms with van der Waals surface area (Å²) in [6, 6.07) is 17.4. The molecule has 0 saturated carbocycles. The minimum Gasteiger partial charge on any atom is -0.497 e. The summed E-state index contributed by atoms with van der Waals surface area (Å²) in [6.07, 6.45) is 5.06. The van der Waals surface area contributed by atoms with Crippen LogP contribution >= 0.6 is 11.3 Å². The largest absolute Gasteiger partial charge is 0.497 e. The molecular formula is C29H29N6O4S+. The standard InChI is InChI=1S/C29H28N6O4S/c1-37-19-11-12-23(38-2)20(15-19)21-16-22(18-9-5-3-6-10-18)31-29-25(21)26(30)27(40-29)28(36)32-24-17-35(33-39-24)34-13-7-4-8-14-34/h3,5-6,9-12,15-17H,4,7-8,13-14H2,1-2H3,(H2-,30,32,33,36)/p+1. The number of anilines is 2. The summed E-state index contributed by atoms with van der Waals surface area (Å²) >= 11 is 1.23. The van der Waals surface area contributed by atoms with Gasteiger partial charge in [-0.3, -0.25) is 14.6 Å². The number of nitrogens with zero attached hydrogens (tertiary/aromatic N) is 4. The molecule has 40 heavy (non-hydrogen) atoms. The molecule has 1 fully saturated rings. The van der Waals surface area contributed by atoms with Crippen molar-refractivity contribution in [1.29, 1.82) is 0 Å². The number of amides is 1. The van der Waals surface area contributed by atoms with Gasteiger partial charge in [0.15, 0.2) is 0 Å². The van der Waals surface area contributed by atoms with Crippen molar-refractivity contribution in [2.24, 2.45) is 0 Å². The van der Waals surface area contributed by atoms with Gasteiger partial charge in [0.2, 0.25) is 5.27 Å². The summed E-state index contributed by atoms with van der Waals surface area (Å²) in [6.45, 7) is 1.78. The maximum absolute atomic E-state index is 13.5. The van der Waals surface area contributed by atoms with Gasteiger partial charge in [-0.2, -0.15) is 5.01 Å². The minimum atomic E-state index is -0.396. The molecule has 3 aromatic heterocycles.